The van der Waals surface area contributed by atoms with Crippen LogP contribution in [0.25, 0.3) is 0 Å². The van der Waals surface area contributed by atoms with E-state index in [0.717, 1.165) is 38.5 Å². The number of unbranched alkanes of at least 4 members (excludes halogenated alkanes) is 25. The number of nitrogens with two attached hydrogens (primary N) is 1. The Morgan fingerprint density at radius 1 is 0.600 bits per heavy atom. The van der Waals surface area contributed by atoms with E-state index in [1.165, 1.54) is 141 Å². The van der Waals surface area contributed by atoms with Crippen LogP contribution in [0.5, 0.6) is 0 Å². The second kappa shape index (κ2) is 39.0. The lowest BCUT2D eigenvalue weighted by molar-refractivity contribution is -0.153. The first-order chi connectivity index (χ1) is 24.4. The van der Waals surface area contributed by atoms with Crippen molar-refractivity contribution in [2.45, 2.75) is 206 Å². The van der Waals surface area contributed by atoms with Gasteiger partial charge in [-0.05, 0) is 51.0 Å². The minimum atomic E-state index is -4.29. The Balaban J connectivity index is 4.10. The van der Waals surface area contributed by atoms with E-state index in [9.17, 15) is 14.3 Å². The van der Waals surface area contributed by atoms with Crippen molar-refractivity contribution in [1.29, 1.82) is 0 Å². The fourth-order valence-electron chi connectivity index (χ4n) is 5.84. The summed E-state index contributed by atoms with van der Waals surface area (Å²) in [7, 11) is -4.29. The minimum Gasteiger partial charge on any atom is -0.498 e. The Kier molecular flexibility index (Phi) is 38.1. The summed E-state index contributed by atoms with van der Waals surface area (Å²) >= 11 is 0. The molecule has 50 heavy (non-hydrogen) atoms. The molecule has 0 aromatic heterocycles. The zero-order valence-electron chi connectivity index (χ0n) is 32.6. The molecule has 0 spiro atoms. The van der Waals surface area contributed by atoms with E-state index in [1.54, 1.807) is 6.26 Å². The monoisotopic (exact) mass is 730 g/mol. The molecule has 8 nitrogen and oxygen atoms in total. The molecular formula is C41H80NO7P. The maximum absolute atomic E-state index is 12.5. The molecule has 9 heteroatoms. The zero-order chi connectivity index (χ0) is 36.6. The van der Waals surface area contributed by atoms with E-state index in [4.69, 9.17) is 24.3 Å². The van der Waals surface area contributed by atoms with Gasteiger partial charge >= 0.3 is 13.8 Å². The predicted octanol–water partition coefficient (Wildman–Crippen LogP) is 12.4. The number of hydrogen-bond donors (Lipinski definition) is 2. The molecule has 0 amide bonds. The number of carbonyl (C=O) groups is 1. The topological polar surface area (TPSA) is 117 Å². The van der Waals surface area contributed by atoms with Crippen molar-refractivity contribution in [3.8, 4) is 0 Å². The molecule has 2 atom stereocenters. The quantitative estimate of drug-likeness (QED) is 0.0210. The van der Waals surface area contributed by atoms with Gasteiger partial charge in [-0.2, -0.15) is 0 Å². The molecule has 0 heterocycles. The van der Waals surface area contributed by atoms with Crippen molar-refractivity contribution in [2.75, 3.05) is 26.4 Å². The van der Waals surface area contributed by atoms with Gasteiger partial charge in [0.05, 0.1) is 19.5 Å². The van der Waals surface area contributed by atoms with Crippen molar-refractivity contribution in [1.82, 2.24) is 0 Å². The molecule has 0 saturated heterocycles. The first-order valence-corrected chi connectivity index (χ1v) is 22.4. The highest BCUT2D eigenvalue weighted by atomic mass is 31.2. The minimum absolute atomic E-state index is 0.0308. The maximum atomic E-state index is 12.5. The number of ether oxygens (including phenoxy) is 2. The number of phosphoric ester groups is 1. The average Bonchev–Trinajstić information content (AvgIpc) is 3.10. The summed E-state index contributed by atoms with van der Waals surface area (Å²) in [5.74, 6) is -0.353. The molecule has 0 aliphatic carbocycles. The zero-order valence-corrected chi connectivity index (χ0v) is 33.5. The molecule has 0 aromatic carbocycles. The summed E-state index contributed by atoms with van der Waals surface area (Å²) in [6, 6.07) is 0. The van der Waals surface area contributed by atoms with Crippen LogP contribution in [0.1, 0.15) is 200 Å². The van der Waals surface area contributed by atoms with E-state index in [0.29, 0.717) is 6.42 Å². The molecule has 0 rings (SSSR count). The van der Waals surface area contributed by atoms with Gasteiger partial charge in [0.2, 0.25) is 0 Å². The molecule has 1 unspecified atom stereocenters. The van der Waals surface area contributed by atoms with Crippen LogP contribution >= 0.6 is 7.82 Å². The summed E-state index contributed by atoms with van der Waals surface area (Å²) in [5, 5.41) is 0. The summed E-state index contributed by atoms with van der Waals surface area (Å²) in [6.45, 7) is 4.24. The van der Waals surface area contributed by atoms with Gasteiger partial charge in [-0.15, -0.1) is 0 Å². The molecule has 0 aliphatic heterocycles. The van der Waals surface area contributed by atoms with Crippen LogP contribution in [0, 0.1) is 0 Å². The van der Waals surface area contributed by atoms with E-state index in [1.807, 2.05) is 6.08 Å². The van der Waals surface area contributed by atoms with Gasteiger partial charge < -0.3 is 20.1 Å². The van der Waals surface area contributed by atoms with Crippen LogP contribution in [0.4, 0.5) is 0 Å². The molecule has 3 N–H and O–H groups in total. The van der Waals surface area contributed by atoms with Crippen LogP contribution in [-0.4, -0.2) is 43.3 Å². The summed E-state index contributed by atoms with van der Waals surface area (Å²) < 4.78 is 33.1. The van der Waals surface area contributed by atoms with Crippen molar-refractivity contribution in [3.63, 3.8) is 0 Å². The second-order valence-electron chi connectivity index (χ2n) is 13.9. The largest absolute Gasteiger partial charge is 0.498 e. The number of carbonyl (C=O) groups excluding carboxylic acids is 1. The molecule has 296 valence electrons. The van der Waals surface area contributed by atoms with Crippen molar-refractivity contribution < 1.29 is 32.8 Å². The smallest absolute Gasteiger partial charge is 0.472 e. The predicted molar refractivity (Wildman–Crippen MR) is 210 cm³/mol. The Bertz CT molecular complexity index is 823. The lowest BCUT2D eigenvalue weighted by Gasteiger charge is -2.19. The normalized spacial score (nSPS) is 13.7. The van der Waals surface area contributed by atoms with Crippen molar-refractivity contribution in [3.05, 3.63) is 24.5 Å². The van der Waals surface area contributed by atoms with Crippen molar-refractivity contribution >= 4 is 13.8 Å². The van der Waals surface area contributed by atoms with Gasteiger partial charge in [-0.1, -0.05) is 161 Å². The van der Waals surface area contributed by atoms with Crippen molar-refractivity contribution in [2.24, 2.45) is 5.73 Å². The van der Waals surface area contributed by atoms with Gasteiger partial charge in [0, 0.05) is 13.0 Å². The van der Waals surface area contributed by atoms with Crippen LogP contribution in [0.15, 0.2) is 24.5 Å². The molecule has 0 bridgehead atoms. The first kappa shape index (κ1) is 48.8. The van der Waals surface area contributed by atoms with Crippen LogP contribution < -0.4 is 5.73 Å². The highest BCUT2D eigenvalue weighted by molar-refractivity contribution is 7.47. The maximum Gasteiger partial charge on any atom is 0.472 e. The van der Waals surface area contributed by atoms with Gasteiger partial charge in [-0.3, -0.25) is 13.8 Å². The molecular weight excluding hydrogens is 649 g/mol. The number of rotatable bonds is 40. The van der Waals surface area contributed by atoms with Gasteiger partial charge in [0.1, 0.15) is 6.61 Å². The number of esters is 1. The van der Waals surface area contributed by atoms with Gasteiger partial charge in [-0.25, -0.2) is 4.57 Å². The highest BCUT2D eigenvalue weighted by Crippen LogP contribution is 2.43. The number of hydrogen-bond acceptors (Lipinski definition) is 7. The Morgan fingerprint density at radius 2 is 1.02 bits per heavy atom. The third-order valence-corrected chi connectivity index (χ3v) is 9.92. The lowest BCUT2D eigenvalue weighted by Crippen LogP contribution is -2.27. The highest BCUT2D eigenvalue weighted by Gasteiger charge is 2.25. The Hall–Kier alpha value is -1.18. The molecule has 0 saturated carbocycles. The second-order valence-corrected chi connectivity index (χ2v) is 15.4. The first-order valence-electron chi connectivity index (χ1n) is 20.9. The summed E-state index contributed by atoms with van der Waals surface area (Å²) in [5.41, 5.74) is 5.36. The van der Waals surface area contributed by atoms with Crippen LogP contribution in [-0.2, 0) is 27.9 Å². The molecule has 0 fully saturated rings. The molecule has 0 aromatic rings. The Morgan fingerprint density at radius 3 is 1.48 bits per heavy atom. The van der Waals surface area contributed by atoms with E-state index in [2.05, 4.69) is 26.0 Å². The number of phosphoric acid groups is 1. The third-order valence-electron chi connectivity index (χ3n) is 8.94. The summed E-state index contributed by atoms with van der Waals surface area (Å²) in [4.78, 5) is 22.4. The van der Waals surface area contributed by atoms with E-state index < -0.39 is 13.9 Å². The van der Waals surface area contributed by atoms with E-state index in [-0.39, 0.29) is 32.3 Å². The lowest BCUT2D eigenvalue weighted by atomic mass is 10.0. The Labute approximate surface area is 308 Å². The molecule has 0 aliphatic rings. The van der Waals surface area contributed by atoms with Crippen LogP contribution in [0.3, 0.4) is 0 Å². The standard InChI is InChI=1S/C41H80NO7P/c1-3-5-7-9-11-13-15-17-19-21-23-25-27-29-31-33-36-46-38-40(39-48-50(44,45)47-37-35-42)49-41(43)34-32-30-28-26-24-22-20-18-16-14-12-10-8-6-4-2/h17,19,33,36,40H,3-16,18,20-32,34-35,37-39,42H2,1-2H3,(H,44,45)/b19-17-,36-33-/t40-/m1/s1. The molecule has 0 radical (unpaired) electrons. The summed E-state index contributed by atoms with van der Waals surface area (Å²) in [6.07, 6.45) is 42.8. The fourth-order valence-corrected chi connectivity index (χ4v) is 6.60. The average molecular weight is 730 g/mol. The fraction of sp³-hybridized carbons (Fsp3) is 0.878. The van der Waals surface area contributed by atoms with Crippen LogP contribution in [0.2, 0.25) is 0 Å². The third kappa shape index (κ3) is 38.1. The number of allylic oxidation sites excluding steroid dienone is 3. The van der Waals surface area contributed by atoms with Gasteiger partial charge in [0.15, 0.2) is 6.10 Å². The van der Waals surface area contributed by atoms with E-state index >= 15 is 0 Å². The van der Waals surface area contributed by atoms with Gasteiger partial charge in [0.25, 0.3) is 0 Å². The SMILES string of the molecule is CCCCCCCC/C=C\CCCCCC/C=C\OC[C@H](COP(=O)(O)OCCN)OC(=O)CCCCCCCCCCCCCCCCC.